The fourth-order valence-corrected chi connectivity index (χ4v) is 0.0630. The summed E-state index contributed by atoms with van der Waals surface area (Å²) in [6, 6.07) is 0. The van der Waals surface area contributed by atoms with Crippen LogP contribution >= 0.6 is 0 Å². The molecule has 0 aromatic heterocycles. The van der Waals surface area contributed by atoms with Gasteiger partial charge in [0.25, 0.3) is 0 Å². The average Bonchev–Trinajstić information content (AvgIpc) is 2.00. The fraction of sp³-hybridized carbons (Fsp3) is 0. The quantitative estimate of drug-likeness (QED) is 0.282. The van der Waals surface area contributed by atoms with Crippen molar-refractivity contribution in [2.75, 3.05) is 0 Å². The fourth-order valence-electron chi connectivity index (χ4n) is 0.0630. The first-order valence-electron chi connectivity index (χ1n) is 2.15. The Balaban J connectivity index is -0.000000173. The number of carbonyl (C=O) groups excluding carboxylic acids is 2. The number of hydrogen-bond acceptors (Lipinski definition) is 7. The third kappa shape index (κ3) is 18.4. The molecule has 13 heavy (non-hydrogen) atoms. The second-order valence-corrected chi connectivity index (χ2v) is 1.08. The van der Waals surface area contributed by atoms with Crippen molar-refractivity contribution in [1.82, 2.24) is 0 Å². The van der Waals surface area contributed by atoms with E-state index in [1.807, 2.05) is 0 Å². The molecule has 0 aliphatic rings. The van der Waals surface area contributed by atoms with Crippen LogP contribution in [0.15, 0.2) is 0 Å². The first-order valence-corrected chi connectivity index (χ1v) is 2.15. The van der Waals surface area contributed by atoms with E-state index in [-0.39, 0.29) is 18.9 Å². The zero-order valence-electron chi connectivity index (χ0n) is 5.31. The summed E-state index contributed by atoms with van der Waals surface area (Å²) in [7, 11) is -2.17. The zero-order valence-corrected chi connectivity index (χ0v) is 5.31. The summed E-state index contributed by atoms with van der Waals surface area (Å²) in [6.45, 7) is 0. The number of rotatable bonds is 0. The van der Waals surface area contributed by atoms with Crippen molar-refractivity contribution >= 4 is 38.1 Å². The molecule has 3 N–H and O–H groups in total. The normalized spacial score (nSPS) is 6.85. The van der Waals surface area contributed by atoms with E-state index < -0.39 is 19.3 Å². The monoisotopic (exact) mass is 196 g/mol. The van der Waals surface area contributed by atoms with Crippen LogP contribution in [0.25, 0.3) is 0 Å². The van der Waals surface area contributed by atoms with E-state index >= 15 is 0 Å². The Morgan fingerprint density at radius 1 is 1.00 bits per heavy atom. The standard InChI is InChI=1S/C2F2O4.BH3O3.Li.H/c3-7-1(5)2(6)8-4;2-1(3)4;;/h;2-4H;;. The van der Waals surface area contributed by atoms with Crippen molar-refractivity contribution in [3.05, 3.63) is 0 Å². The summed E-state index contributed by atoms with van der Waals surface area (Å²) < 4.78 is 21.0. The van der Waals surface area contributed by atoms with Crippen molar-refractivity contribution < 1.29 is 43.6 Å². The van der Waals surface area contributed by atoms with Gasteiger partial charge < -0.3 is 15.1 Å². The van der Waals surface area contributed by atoms with Crippen LogP contribution < -0.4 is 0 Å². The number of carbonyl (C=O) groups is 2. The van der Waals surface area contributed by atoms with Gasteiger partial charge in [0.1, 0.15) is 0 Å². The van der Waals surface area contributed by atoms with Crippen LogP contribution in [0.2, 0.25) is 0 Å². The molecule has 7 nitrogen and oxygen atoms in total. The van der Waals surface area contributed by atoms with Crippen molar-refractivity contribution in [2.45, 2.75) is 0 Å². The second kappa shape index (κ2) is 11.3. The molecule has 0 saturated carbocycles. The second-order valence-electron chi connectivity index (χ2n) is 1.08. The van der Waals surface area contributed by atoms with Gasteiger partial charge in [-0.05, 0) is 0 Å². The Bertz CT molecular complexity index is 137. The van der Waals surface area contributed by atoms with Gasteiger partial charge in [-0.15, -0.1) is 0 Å². The Hall–Kier alpha value is -0.658. The molecule has 11 heteroatoms. The van der Waals surface area contributed by atoms with Crippen LogP contribution in [0.3, 0.4) is 0 Å². The zero-order chi connectivity index (χ0) is 10.1. The van der Waals surface area contributed by atoms with Gasteiger partial charge >= 0.3 is 38.1 Å². The maximum atomic E-state index is 10.5. The van der Waals surface area contributed by atoms with Gasteiger partial charge in [0.2, 0.25) is 0 Å². The molecule has 72 valence electrons. The Labute approximate surface area is 82.4 Å². The molecule has 0 saturated heterocycles. The molecule has 0 atom stereocenters. The SMILES string of the molecule is O=C(OF)C(=O)OF.OB(O)O.[LiH]. The molecule has 0 fully saturated rings. The minimum absolute atomic E-state index is 0. The summed E-state index contributed by atoms with van der Waals surface area (Å²) in [4.78, 5) is 23.4. The van der Waals surface area contributed by atoms with Gasteiger partial charge in [0, 0.05) is 9.05 Å². The summed E-state index contributed by atoms with van der Waals surface area (Å²) in [5, 5.41) is 21.5. The topological polar surface area (TPSA) is 113 Å². The van der Waals surface area contributed by atoms with Gasteiger partial charge in [0.05, 0.1) is 0 Å². The van der Waals surface area contributed by atoms with E-state index in [4.69, 9.17) is 15.1 Å². The minimum atomic E-state index is -2.17. The molecule has 0 bridgehead atoms. The maximum absolute atomic E-state index is 10.5. The average molecular weight is 196 g/mol. The molecule has 0 spiro atoms. The molecule has 0 amide bonds. The Morgan fingerprint density at radius 2 is 1.15 bits per heavy atom. The molecule has 0 rings (SSSR count). The first-order chi connectivity index (χ1) is 5.45. The summed E-state index contributed by atoms with van der Waals surface area (Å²) in [5.41, 5.74) is 0. The molecule has 0 unspecified atom stereocenters. The van der Waals surface area contributed by atoms with Crippen LogP contribution in [0.5, 0.6) is 0 Å². The van der Waals surface area contributed by atoms with E-state index in [1.165, 1.54) is 0 Å². The van der Waals surface area contributed by atoms with Crippen molar-refractivity contribution in [3.63, 3.8) is 0 Å². The first kappa shape index (κ1) is 18.2. The van der Waals surface area contributed by atoms with E-state index in [9.17, 15) is 18.6 Å². The predicted octanol–water partition coefficient (Wildman–Crippen LogP) is -2.86. The van der Waals surface area contributed by atoms with Crippen LogP contribution in [0.4, 0.5) is 9.05 Å². The van der Waals surface area contributed by atoms with Gasteiger partial charge in [-0.1, -0.05) is 0 Å². The Morgan fingerprint density at radius 3 is 1.23 bits per heavy atom. The van der Waals surface area contributed by atoms with Crippen molar-refractivity contribution in [2.24, 2.45) is 0 Å². The third-order valence-electron chi connectivity index (χ3n) is 0.307. The van der Waals surface area contributed by atoms with E-state index in [0.717, 1.165) is 0 Å². The van der Waals surface area contributed by atoms with Crippen LogP contribution in [0, 0.1) is 0 Å². The van der Waals surface area contributed by atoms with Gasteiger partial charge in [0.15, 0.2) is 0 Å². The van der Waals surface area contributed by atoms with Gasteiger partial charge in [-0.25, -0.2) is 19.5 Å². The van der Waals surface area contributed by atoms with Gasteiger partial charge in [-0.2, -0.15) is 0 Å². The Kier molecular flexibility index (Phi) is 15.9. The van der Waals surface area contributed by atoms with E-state index in [0.29, 0.717) is 0 Å². The number of hydrogen-bond donors (Lipinski definition) is 3. The molecule has 0 aromatic rings. The molecule has 0 aliphatic carbocycles. The summed E-state index contributed by atoms with van der Waals surface area (Å²) in [6.07, 6.45) is 0. The summed E-state index contributed by atoms with van der Waals surface area (Å²) in [5.74, 6) is -4.04. The molecular formula is C2H4BF2LiO7. The molecule has 0 heterocycles. The predicted molar refractivity (Wildman–Crippen MR) is 34.0 cm³/mol. The molecule has 0 aromatic carbocycles. The molecule has 0 radical (unpaired) electrons. The van der Waals surface area contributed by atoms with Crippen LogP contribution in [-0.2, 0) is 19.5 Å². The number of halogens is 2. The molecular weight excluding hydrogens is 192 g/mol. The van der Waals surface area contributed by atoms with Crippen LogP contribution in [-0.4, -0.2) is 53.2 Å². The van der Waals surface area contributed by atoms with Crippen LogP contribution in [0.1, 0.15) is 0 Å². The van der Waals surface area contributed by atoms with E-state index in [2.05, 4.69) is 9.88 Å². The van der Waals surface area contributed by atoms with Gasteiger partial charge in [-0.3, -0.25) is 0 Å². The molecule has 0 aliphatic heterocycles. The third-order valence-corrected chi connectivity index (χ3v) is 0.307. The summed E-state index contributed by atoms with van der Waals surface area (Å²) >= 11 is 0. The van der Waals surface area contributed by atoms with Crippen molar-refractivity contribution in [3.8, 4) is 0 Å². The van der Waals surface area contributed by atoms with Crippen molar-refractivity contribution in [1.29, 1.82) is 0 Å². The van der Waals surface area contributed by atoms with E-state index in [1.54, 1.807) is 0 Å².